The number of sulfone groups is 1. The molecule has 1 rings (SSSR count). The molecule has 0 radical (unpaired) electrons. The molecule has 0 aromatic carbocycles. The van der Waals surface area contributed by atoms with Crippen molar-refractivity contribution in [2.24, 2.45) is 0 Å². The van der Waals surface area contributed by atoms with Gasteiger partial charge in [0, 0.05) is 18.8 Å². The van der Waals surface area contributed by atoms with E-state index in [1.54, 1.807) is 17.7 Å². The van der Waals surface area contributed by atoms with Crippen molar-refractivity contribution in [1.29, 1.82) is 0 Å². The van der Waals surface area contributed by atoms with Gasteiger partial charge < -0.3 is 5.32 Å². The number of aromatic nitrogens is 2. The van der Waals surface area contributed by atoms with E-state index in [1.807, 2.05) is 13.8 Å². The molecule has 7 heteroatoms. The molecular weight excluding hydrogens is 254 g/mol. The summed E-state index contributed by atoms with van der Waals surface area (Å²) in [6.45, 7) is 6.02. The lowest BCUT2D eigenvalue weighted by Crippen LogP contribution is -2.31. The van der Waals surface area contributed by atoms with Crippen molar-refractivity contribution in [1.82, 2.24) is 15.1 Å². The number of amides is 1. The lowest BCUT2D eigenvalue weighted by Gasteiger charge is -2.06. The summed E-state index contributed by atoms with van der Waals surface area (Å²) in [6, 6.07) is 1.69. The minimum absolute atomic E-state index is 0.0332. The van der Waals surface area contributed by atoms with Crippen LogP contribution in [-0.4, -0.2) is 42.2 Å². The van der Waals surface area contributed by atoms with Crippen molar-refractivity contribution < 1.29 is 13.2 Å². The summed E-state index contributed by atoms with van der Waals surface area (Å²) in [7, 11) is -3.04. The third kappa shape index (κ3) is 3.83. The Balaban J connectivity index is 2.61. The topological polar surface area (TPSA) is 81.1 Å². The van der Waals surface area contributed by atoms with E-state index in [-0.39, 0.29) is 24.0 Å². The van der Waals surface area contributed by atoms with Gasteiger partial charge in [0.1, 0.15) is 5.69 Å². The number of hydrogen-bond acceptors (Lipinski definition) is 4. The van der Waals surface area contributed by atoms with Crippen LogP contribution in [0.5, 0.6) is 0 Å². The highest BCUT2D eigenvalue weighted by atomic mass is 32.2. The quantitative estimate of drug-likeness (QED) is 0.812. The summed E-state index contributed by atoms with van der Waals surface area (Å²) in [5, 5.41) is 6.76. The molecule has 0 atom stereocenters. The molecule has 6 nitrogen and oxygen atoms in total. The molecular formula is C11H19N3O3S. The molecule has 1 aromatic rings. The van der Waals surface area contributed by atoms with Gasteiger partial charge in [-0.1, -0.05) is 6.92 Å². The van der Waals surface area contributed by atoms with Gasteiger partial charge in [0.2, 0.25) is 0 Å². The van der Waals surface area contributed by atoms with Crippen LogP contribution in [0.15, 0.2) is 6.07 Å². The van der Waals surface area contributed by atoms with Gasteiger partial charge >= 0.3 is 0 Å². The molecule has 1 heterocycles. The van der Waals surface area contributed by atoms with Gasteiger partial charge in [-0.25, -0.2) is 8.42 Å². The van der Waals surface area contributed by atoms with Gasteiger partial charge in [-0.15, -0.1) is 0 Å². The first-order chi connectivity index (χ1) is 8.39. The van der Waals surface area contributed by atoms with E-state index >= 15 is 0 Å². The Morgan fingerprint density at radius 1 is 1.44 bits per heavy atom. The fraction of sp³-hybridized carbons (Fsp3) is 0.636. The molecule has 1 N–H and O–H groups in total. The zero-order valence-electron chi connectivity index (χ0n) is 10.9. The van der Waals surface area contributed by atoms with Crippen LogP contribution in [0.25, 0.3) is 0 Å². The van der Waals surface area contributed by atoms with Crippen LogP contribution in [0.3, 0.4) is 0 Å². The third-order valence-corrected chi connectivity index (χ3v) is 4.28. The lowest BCUT2D eigenvalue weighted by molar-refractivity contribution is 0.0945. The minimum Gasteiger partial charge on any atom is -0.350 e. The van der Waals surface area contributed by atoms with E-state index in [0.29, 0.717) is 12.2 Å². The Morgan fingerprint density at radius 2 is 2.11 bits per heavy atom. The number of carbonyl (C=O) groups is 1. The van der Waals surface area contributed by atoms with Crippen LogP contribution in [0, 0.1) is 6.92 Å². The lowest BCUT2D eigenvalue weighted by atomic mass is 10.3. The van der Waals surface area contributed by atoms with Crippen LogP contribution in [0.4, 0.5) is 0 Å². The maximum Gasteiger partial charge on any atom is 0.269 e. The summed E-state index contributed by atoms with van der Waals surface area (Å²) in [6.07, 6.45) is 0. The van der Waals surface area contributed by atoms with Crippen LogP contribution < -0.4 is 5.32 Å². The molecule has 0 saturated heterocycles. The van der Waals surface area contributed by atoms with E-state index < -0.39 is 9.84 Å². The fourth-order valence-electron chi connectivity index (χ4n) is 1.52. The molecule has 0 aliphatic carbocycles. The van der Waals surface area contributed by atoms with Crippen molar-refractivity contribution in [2.75, 3.05) is 18.1 Å². The van der Waals surface area contributed by atoms with E-state index in [1.165, 1.54) is 0 Å². The van der Waals surface area contributed by atoms with Gasteiger partial charge in [-0.3, -0.25) is 9.48 Å². The first-order valence-electron chi connectivity index (χ1n) is 5.92. The number of carbonyl (C=O) groups excluding carboxylic acids is 1. The zero-order chi connectivity index (χ0) is 13.8. The SMILES string of the molecule is CCn1nc(C)cc1C(=O)NCCS(=O)(=O)CC. The van der Waals surface area contributed by atoms with Crippen LogP contribution in [0.2, 0.25) is 0 Å². The van der Waals surface area contributed by atoms with Crippen molar-refractivity contribution in [3.63, 3.8) is 0 Å². The number of nitrogens with one attached hydrogen (secondary N) is 1. The number of nitrogens with zero attached hydrogens (tertiary/aromatic N) is 2. The molecule has 0 spiro atoms. The van der Waals surface area contributed by atoms with Crippen molar-refractivity contribution in [3.8, 4) is 0 Å². The van der Waals surface area contributed by atoms with E-state index in [4.69, 9.17) is 0 Å². The minimum atomic E-state index is -3.04. The molecule has 18 heavy (non-hydrogen) atoms. The summed E-state index contributed by atoms with van der Waals surface area (Å²) in [4.78, 5) is 11.8. The standard InChI is InChI=1S/C11H19N3O3S/c1-4-14-10(8-9(3)13-14)11(15)12-6-7-18(16,17)5-2/h8H,4-7H2,1-3H3,(H,12,15). The maximum atomic E-state index is 11.8. The molecule has 0 aliphatic heterocycles. The molecule has 0 saturated carbocycles. The van der Waals surface area contributed by atoms with E-state index in [9.17, 15) is 13.2 Å². The molecule has 0 bridgehead atoms. The monoisotopic (exact) mass is 273 g/mol. The molecule has 1 amide bonds. The van der Waals surface area contributed by atoms with E-state index in [0.717, 1.165) is 5.69 Å². The highest BCUT2D eigenvalue weighted by molar-refractivity contribution is 7.91. The predicted molar refractivity (Wildman–Crippen MR) is 69.3 cm³/mol. The second kappa shape index (κ2) is 5.99. The number of aryl methyl sites for hydroxylation is 2. The normalized spacial score (nSPS) is 11.5. The Kier molecular flexibility index (Phi) is 4.89. The number of hydrogen-bond donors (Lipinski definition) is 1. The summed E-state index contributed by atoms with van der Waals surface area (Å²) in [5.74, 6) is -0.229. The van der Waals surface area contributed by atoms with Gasteiger partial charge in [0.25, 0.3) is 5.91 Å². The van der Waals surface area contributed by atoms with Gasteiger partial charge in [0.15, 0.2) is 9.84 Å². The highest BCUT2D eigenvalue weighted by Gasteiger charge is 2.14. The van der Waals surface area contributed by atoms with Crippen LogP contribution in [0.1, 0.15) is 30.0 Å². The third-order valence-electron chi connectivity index (χ3n) is 2.57. The first-order valence-corrected chi connectivity index (χ1v) is 7.74. The molecule has 1 aromatic heterocycles. The fourth-order valence-corrected chi connectivity index (χ4v) is 2.23. The average molecular weight is 273 g/mol. The Morgan fingerprint density at radius 3 is 2.67 bits per heavy atom. The van der Waals surface area contributed by atoms with Gasteiger partial charge in [-0.05, 0) is 19.9 Å². The van der Waals surface area contributed by atoms with Gasteiger partial charge in [-0.2, -0.15) is 5.10 Å². The maximum absolute atomic E-state index is 11.8. The first kappa shape index (κ1) is 14.7. The largest absolute Gasteiger partial charge is 0.350 e. The predicted octanol–water partition coefficient (Wildman–Crippen LogP) is 0.376. The van der Waals surface area contributed by atoms with Gasteiger partial charge in [0.05, 0.1) is 11.4 Å². The molecule has 0 unspecified atom stereocenters. The zero-order valence-corrected chi connectivity index (χ0v) is 11.7. The van der Waals surface area contributed by atoms with Crippen molar-refractivity contribution in [3.05, 3.63) is 17.5 Å². The Hall–Kier alpha value is -1.37. The number of rotatable bonds is 6. The Bertz CT molecular complexity index is 520. The second-order valence-corrected chi connectivity index (χ2v) is 6.45. The molecule has 102 valence electrons. The van der Waals surface area contributed by atoms with Crippen molar-refractivity contribution in [2.45, 2.75) is 27.3 Å². The average Bonchev–Trinajstić information content (AvgIpc) is 2.70. The van der Waals surface area contributed by atoms with Crippen molar-refractivity contribution >= 4 is 15.7 Å². The smallest absolute Gasteiger partial charge is 0.269 e. The van der Waals surface area contributed by atoms with E-state index in [2.05, 4.69) is 10.4 Å². The Labute approximate surface area is 107 Å². The van der Waals surface area contributed by atoms with Crippen LogP contribution >= 0.6 is 0 Å². The second-order valence-electron chi connectivity index (χ2n) is 3.98. The molecule has 0 aliphatic rings. The summed E-state index contributed by atoms with van der Waals surface area (Å²) < 4.78 is 24.1. The summed E-state index contributed by atoms with van der Waals surface area (Å²) in [5.41, 5.74) is 1.23. The highest BCUT2D eigenvalue weighted by Crippen LogP contribution is 2.03. The summed E-state index contributed by atoms with van der Waals surface area (Å²) >= 11 is 0. The molecule has 0 fully saturated rings. The van der Waals surface area contributed by atoms with Crippen LogP contribution in [-0.2, 0) is 16.4 Å².